The van der Waals surface area contributed by atoms with Crippen molar-refractivity contribution in [3.63, 3.8) is 0 Å². The molecule has 5 heteroatoms. The normalized spacial score (nSPS) is 13.9. The average molecular weight is 300 g/mol. The molecule has 1 heterocycles. The fourth-order valence-corrected chi connectivity index (χ4v) is 2.17. The highest BCUT2D eigenvalue weighted by Gasteiger charge is 2.22. The average Bonchev–Trinajstić information content (AvgIpc) is 2.53. The van der Waals surface area contributed by atoms with E-state index >= 15 is 0 Å². The number of halogens is 1. The first-order chi connectivity index (χ1) is 10.7. The van der Waals surface area contributed by atoms with Gasteiger partial charge in [0.05, 0.1) is 0 Å². The van der Waals surface area contributed by atoms with Gasteiger partial charge in [-0.05, 0) is 35.4 Å². The first-order valence-electron chi connectivity index (χ1n) is 7.21. The van der Waals surface area contributed by atoms with Crippen LogP contribution >= 0.6 is 0 Å². The molecule has 4 nitrogen and oxygen atoms in total. The molecule has 0 radical (unpaired) electrons. The highest BCUT2D eigenvalue weighted by Crippen LogP contribution is 2.15. The number of amides is 1. The molecular weight excluding hydrogens is 283 g/mol. The zero-order valence-electron chi connectivity index (χ0n) is 12.1. The fourth-order valence-electron chi connectivity index (χ4n) is 2.17. The summed E-state index contributed by atoms with van der Waals surface area (Å²) < 4.78 is 18.7. The summed E-state index contributed by atoms with van der Waals surface area (Å²) in [5, 5.41) is 1.62. The Morgan fingerprint density at radius 3 is 2.59 bits per heavy atom. The van der Waals surface area contributed by atoms with Gasteiger partial charge in [0.15, 0.2) is 0 Å². The van der Waals surface area contributed by atoms with Crippen LogP contribution in [0.5, 0.6) is 5.75 Å². The summed E-state index contributed by atoms with van der Waals surface area (Å²) in [7, 11) is 0. The molecule has 0 saturated carbocycles. The molecule has 114 valence electrons. The molecule has 1 saturated heterocycles. The minimum absolute atomic E-state index is 0.134. The Kier molecular flexibility index (Phi) is 4.34. The molecule has 0 aromatic heterocycles. The zero-order chi connectivity index (χ0) is 15.4. The monoisotopic (exact) mass is 300 g/mol. The highest BCUT2D eigenvalue weighted by atomic mass is 19.1. The van der Waals surface area contributed by atoms with Gasteiger partial charge in [-0.3, -0.25) is 9.80 Å². The van der Waals surface area contributed by atoms with E-state index in [-0.39, 0.29) is 11.7 Å². The number of nitrogens with zero attached hydrogens (tertiary/aromatic N) is 1. The fraction of sp³-hybridized carbons (Fsp3) is 0.235. The molecule has 2 aromatic rings. The van der Waals surface area contributed by atoms with Crippen molar-refractivity contribution >= 4 is 5.91 Å². The molecule has 1 N–H and O–H groups in total. The molecular formula is C17H17FN2O2. The number of carbonyl (C=O) groups is 1. The van der Waals surface area contributed by atoms with Gasteiger partial charge in [-0.15, -0.1) is 0 Å². The number of hydrazine groups is 1. The van der Waals surface area contributed by atoms with Gasteiger partial charge in [0.2, 0.25) is 5.91 Å². The molecule has 1 aliphatic rings. The van der Waals surface area contributed by atoms with Gasteiger partial charge >= 0.3 is 0 Å². The van der Waals surface area contributed by atoms with Gasteiger partial charge in [0, 0.05) is 19.5 Å². The summed E-state index contributed by atoms with van der Waals surface area (Å²) >= 11 is 0. The zero-order valence-corrected chi connectivity index (χ0v) is 12.1. The third-order valence-corrected chi connectivity index (χ3v) is 3.54. The van der Waals surface area contributed by atoms with Gasteiger partial charge in [0.25, 0.3) is 0 Å². The maximum absolute atomic E-state index is 13.1. The van der Waals surface area contributed by atoms with Crippen molar-refractivity contribution in [3.8, 4) is 5.75 Å². The summed E-state index contributed by atoms with van der Waals surface area (Å²) in [6.45, 7) is 1.71. The van der Waals surface area contributed by atoms with E-state index in [1.54, 1.807) is 11.1 Å². The largest absolute Gasteiger partial charge is 0.489 e. The number of benzene rings is 2. The molecule has 0 atom stereocenters. The number of β-lactam (4-membered cyclic amide) rings is 1. The third-order valence-electron chi connectivity index (χ3n) is 3.54. The first kappa shape index (κ1) is 14.5. The number of ether oxygens (including phenoxy) is 1. The molecule has 2 aromatic carbocycles. The van der Waals surface area contributed by atoms with Gasteiger partial charge in [-0.25, -0.2) is 9.82 Å². The SMILES string of the molecule is O=C1CCN1NCc1ccc(OCc2cccc(F)c2)cc1. The standard InChI is InChI=1S/C17H17FN2O2/c18-15-3-1-2-14(10-15)12-22-16-6-4-13(5-7-16)11-19-20-9-8-17(20)21/h1-7,10,19H,8-9,11-12H2. The Hall–Kier alpha value is -2.40. The van der Waals surface area contributed by atoms with Crippen LogP contribution in [0.25, 0.3) is 0 Å². The Bertz CT molecular complexity index is 658. The lowest BCUT2D eigenvalue weighted by Gasteiger charge is -2.30. The number of carbonyl (C=O) groups excluding carboxylic acids is 1. The molecule has 1 fully saturated rings. The summed E-state index contributed by atoms with van der Waals surface area (Å²) in [6, 6.07) is 14.0. The molecule has 22 heavy (non-hydrogen) atoms. The van der Waals surface area contributed by atoms with Crippen molar-refractivity contribution < 1.29 is 13.9 Å². The van der Waals surface area contributed by atoms with Crippen molar-refractivity contribution in [2.45, 2.75) is 19.6 Å². The molecule has 0 unspecified atom stereocenters. The number of hydrogen-bond acceptors (Lipinski definition) is 3. The predicted molar refractivity (Wildman–Crippen MR) is 80.3 cm³/mol. The molecule has 1 amide bonds. The van der Waals surface area contributed by atoms with Crippen LogP contribution in [0.3, 0.4) is 0 Å². The van der Waals surface area contributed by atoms with E-state index in [4.69, 9.17) is 4.74 Å². The van der Waals surface area contributed by atoms with Gasteiger partial charge in [-0.1, -0.05) is 24.3 Å². The summed E-state index contributed by atoms with van der Waals surface area (Å²) in [5.41, 5.74) is 4.93. The van der Waals surface area contributed by atoms with Crippen LogP contribution in [0.4, 0.5) is 4.39 Å². The van der Waals surface area contributed by atoms with E-state index < -0.39 is 0 Å². The number of nitrogens with one attached hydrogen (secondary N) is 1. The van der Waals surface area contributed by atoms with Gasteiger partial charge < -0.3 is 4.74 Å². The maximum atomic E-state index is 13.1. The number of rotatable bonds is 6. The van der Waals surface area contributed by atoms with Crippen LogP contribution in [0.2, 0.25) is 0 Å². The topological polar surface area (TPSA) is 41.6 Å². The summed E-state index contributed by atoms with van der Waals surface area (Å²) in [5.74, 6) is 0.603. The van der Waals surface area contributed by atoms with E-state index in [0.29, 0.717) is 19.6 Å². The van der Waals surface area contributed by atoms with Crippen LogP contribution in [-0.2, 0) is 17.9 Å². The van der Waals surface area contributed by atoms with Crippen molar-refractivity contribution in [1.82, 2.24) is 10.4 Å². The second-order valence-electron chi connectivity index (χ2n) is 5.19. The van der Waals surface area contributed by atoms with Crippen molar-refractivity contribution in [1.29, 1.82) is 0 Å². The Morgan fingerprint density at radius 2 is 1.95 bits per heavy atom. The highest BCUT2D eigenvalue weighted by molar-refractivity contribution is 5.81. The maximum Gasteiger partial charge on any atom is 0.238 e. The smallest absolute Gasteiger partial charge is 0.238 e. The van der Waals surface area contributed by atoms with E-state index in [9.17, 15) is 9.18 Å². The van der Waals surface area contributed by atoms with Crippen LogP contribution in [0.15, 0.2) is 48.5 Å². The van der Waals surface area contributed by atoms with Crippen molar-refractivity contribution in [2.75, 3.05) is 6.54 Å². The predicted octanol–water partition coefficient (Wildman–Crippen LogP) is 2.64. The molecule has 1 aliphatic heterocycles. The molecule has 0 bridgehead atoms. The van der Waals surface area contributed by atoms with Crippen LogP contribution in [0.1, 0.15) is 17.5 Å². The molecule has 0 aliphatic carbocycles. The van der Waals surface area contributed by atoms with Crippen LogP contribution < -0.4 is 10.2 Å². The Labute approximate surface area is 128 Å². The minimum atomic E-state index is -0.261. The van der Waals surface area contributed by atoms with Crippen LogP contribution in [0, 0.1) is 5.82 Å². The van der Waals surface area contributed by atoms with Crippen molar-refractivity contribution in [3.05, 3.63) is 65.5 Å². The van der Waals surface area contributed by atoms with Crippen LogP contribution in [-0.4, -0.2) is 17.5 Å². The lowest BCUT2D eigenvalue weighted by molar-refractivity contribution is -0.144. The Balaban J connectivity index is 1.49. The second-order valence-corrected chi connectivity index (χ2v) is 5.19. The van der Waals surface area contributed by atoms with E-state index in [1.807, 2.05) is 30.3 Å². The third kappa shape index (κ3) is 3.62. The second kappa shape index (κ2) is 6.58. The van der Waals surface area contributed by atoms with Gasteiger partial charge in [0.1, 0.15) is 18.2 Å². The molecule has 0 spiro atoms. The van der Waals surface area contributed by atoms with Gasteiger partial charge in [-0.2, -0.15) is 0 Å². The number of hydrogen-bond donors (Lipinski definition) is 1. The molecule has 3 rings (SSSR count). The van der Waals surface area contributed by atoms with E-state index in [1.165, 1.54) is 12.1 Å². The first-order valence-corrected chi connectivity index (χ1v) is 7.21. The van der Waals surface area contributed by atoms with E-state index in [2.05, 4.69) is 5.43 Å². The Morgan fingerprint density at radius 1 is 1.14 bits per heavy atom. The lowest BCUT2D eigenvalue weighted by Crippen LogP contribution is -2.51. The van der Waals surface area contributed by atoms with Crippen molar-refractivity contribution in [2.24, 2.45) is 0 Å². The summed E-state index contributed by atoms with van der Waals surface area (Å²) in [4.78, 5) is 11.2. The quantitative estimate of drug-likeness (QED) is 0.834. The minimum Gasteiger partial charge on any atom is -0.489 e. The van der Waals surface area contributed by atoms with E-state index in [0.717, 1.165) is 23.4 Å². The summed E-state index contributed by atoms with van der Waals surface area (Å²) in [6.07, 6.45) is 0.625. The lowest BCUT2D eigenvalue weighted by atomic mass is 10.2.